The number of nitriles is 1. The summed E-state index contributed by atoms with van der Waals surface area (Å²) in [6, 6.07) is 10.3. The Morgan fingerprint density at radius 2 is 2.16 bits per heavy atom. The van der Waals surface area contributed by atoms with Crippen LogP contribution >= 0.6 is 11.9 Å². The Bertz CT molecular complexity index is 1270. The number of pyridine rings is 2. The molecule has 4 aromatic rings. The average molecular weight is 447 g/mol. The Hall–Kier alpha value is -3.39. The van der Waals surface area contributed by atoms with E-state index < -0.39 is 0 Å². The van der Waals surface area contributed by atoms with Crippen molar-refractivity contribution < 1.29 is 5.11 Å². The van der Waals surface area contributed by atoms with Gasteiger partial charge in [0.1, 0.15) is 10.7 Å². The van der Waals surface area contributed by atoms with Gasteiger partial charge in [-0.25, -0.2) is 9.97 Å². The van der Waals surface area contributed by atoms with Crippen LogP contribution in [-0.2, 0) is 6.54 Å². The van der Waals surface area contributed by atoms with Gasteiger partial charge in [0.05, 0.1) is 36.2 Å². The standard InChI is InChI=1S/C22H22N8OS/c23-12-14-1-4-24-20(9-14)32-29-16-10-15(11-16)27-21-17-2-5-25-22(17)26-13-18(21)19-3-6-30(28-19)7-8-31/h1-6,9,13,15-16,29,31H,7-8,10-11H2,(H2,25,26,27)/t15-,16+. The van der Waals surface area contributed by atoms with Gasteiger partial charge in [0.15, 0.2) is 0 Å². The highest BCUT2D eigenvalue weighted by molar-refractivity contribution is 7.97. The van der Waals surface area contributed by atoms with Crippen LogP contribution in [0.15, 0.2) is 54.1 Å². The van der Waals surface area contributed by atoms with Gasteiger partial charge in [-0.15, -0.1) is 0 Å². The van der Waals surface area contributed by atoms with Crippen LogP contribution in [0.5, 0.6) is 0 Å². The average Bonchev–Trinajstić information content (AvgIpc) is 3.45. The van der Waals surface area contributed by atoms with Crippen LogP contribution in [0.3, 0.4) is 0 Å². The van der Waals surface area contributed by atoms with E-state index in [2.05, 4.69) is 36.2 Å². The number of nitrogens with one attached hydrogen (secondary N) is 3. The molecule has 0 aliphatic heterocycles. The molecule has 162 valence electrons. The Morgan fingerprint density at radius 3 is 3.00 bits per heavy atom. The minimum atomic E-state index is 0.0477. The van der Waals surface area contributed by atoms with Crippen molar-refractivity contribution in [3.63, 3.8) is 0 Å². The minimum absolute atomic E-state index is 0.0477. The zero-order chi connectivity index (χ0) is 21.9. The second kappa shape index (κ2) is 9.00. The molecule has 4 heterocycles. The van der Waals surface area contributed by atoms with E-state index in [-0.39, 0.29) is 6.61 Å². The molecule has 1 saturated carbocycles. The Balaban J connectivity index is 1.27. The minimum Gasteiger partial charge on any atom is -0.394 e. The van der Waals surface area contributed by atoms with E-state index in [1.165, 1.54) is 11.9 Å². The molecule has 1 fully saturated rings. The number of aromatic amines is 1. The van der Waals surface area contributed by atoms with E-state index in [0.29, 0.717) is 24.2 Å². The maximum absolute atomic E-state index is 9.18. The fourth-order valence-corrected chi connectivity index (χ4v) is 4.58. The van der Waals surface area contributed by atoms with E-state index in [0.717, 1.165) is 45.8 Å². The number of aliphatic hydroxyl groups excluding tert-OH is 1. The zero-order valence-electron chi connectivity index (χ0n) is 17.2. The highest BCUT2D eigenvalue weighted by Crippen LogP contribution is 2.36. The van der Waals surface area contributed by atoms with Gasteiger partial charge in [0, 0.05) is 47.8 Å². The molecule has 5 rings (SSSR count). The van der Waals surface area contributed by atoms with Crippen LogP contribution in [-0.4, -0.2) is 48.5 Å². The topological polar surface area (TPSA) is 127 Å². The molecule has 0 aromatic carbocycles. The first-order chi connectivity index (χ1) is 15.7. The van der Waals surface area contributed by atoms with E-state index >= 15 is 0 Å². The van der Waals surface area contributed by atoms with Crippen molar-refractivity contribution in [2.24, 2.45) is 0 Å². The number of hydrogen-bond acceptors (Lipinski definition) is 8. The summed E-state index contributed by atoms with van der Waals surface area (Å²) in [5, 5.41) is 28.3. The predicted molar refractivity (Wildman–Crippen MR) is 123 cm³/mol. The van der Waals surface area contributed by atoms with Crippen LogP contribution < -0.4 is 10.0 Å². The summed E-state index contributed by atoms with van der Waals surface area (Å²) >= 11 is 1.47. The number of fused-ring (bicyclic) bond motifs is 1. The monoisotopic (exact) mass is 446 g/mol. The lowest BCUT2D eigenvalue weighted by molar-refractivity contribution is 0.269. The largest absolute Gasteiger partial charge is 0.394 e. The van der Waals surface area contributed by atoms with E-state index in [4.69, 9.17) is 5.26 Å². The first-order valence-electron chi connectivity index (χ1n) is 10.4. The smallest absolute Gasteiger partial charge is 0.139 e. The SMILES string of the molecule is N#Cc1ccnc(SN[C@H]2C[C@@H](Nc3c(-c4ccn(CCO)n4)cnc4[nH]ccc34)C2)c1. The summed E-state index contributed by atoms with van der Waals surface area (Å²) in [6.07, 6.45) is 9.19. The maximum atomic E-state index is 9.18. The molecule has 1 aliphatic carbocycles. The molecular weight excluding hydrogens is 424 g/mol. The molecule has 0 amide bonds. The Labute approximate surface area is 189 Å². The number of nitrogens with zero attached hydrogens (tertiary/aromatic N) is 5. The van der Waals surface area contributed by atoms with Gasteiger partial charge in [-0.3, -0.25) is 9.40 Å². The van der Waals surface area contributed by atoms with Gasteiger partial charge in [-0.1, -0.05) is 0 Å². The van der Waals surface area contributed by atoms with E-state index in [9.17, 15) is 5.11 Å². The van der Waals surface area contributed by atoms with Gasteiger partial charge in [-0.2, -0.15) is 10.4 Å². The molecule has 0 spiro atoms. The summed E-state index contributed by atoms with van der Waals surface area (Å²) in [7, 11) is 0. The molecule has 0 saturated heterocycles. The number of aromatic nitrogens is 5. The van der Waals surface area contributed by atoms with Gasteiger partial charge in [0.2, 0.25) is 0 Å². The van der Waals surface area contributed by atoms with Gasteiger partial charge < -0.3 is 15.4 Å². The third kappa shape index (κ3) is 4.18. The van der Waals surface area contributed by atoms with Gasteiger partial charge >= 0.3 is 0 Å². The molecule has 0 atom stereocenters. The summed E-state index contributed by atoms with van der Waals surface area (Å²) < 4.78 is 5.18. The predicted octanol–water partition coefficient (Wildman–Crippen LogP) is 2.93. The molecule has 4 aromatic heterocycles. The summed E-state index contributed by atoms with van der Waals surface area (Å²) in [5.41, 5.74) is 4.23. The lowest BCUT2D eigenvalue weighted by Gasteiger charge is -2.37. The van der Waals surface area contributed by atoms with Crippen LogP contribution in [0, 0.1) is 11.3 Å². The van der Waals surface area contributed by atoms with Crippen molar-refractivity contribution >= 4 is 28.7 Å². The van der Waals surface area contributed by atoms with Crippen LogP contribution in [0.1, 0.15) is 18.4 Å². The lowest BCUT2D eigenvalue weighted by atomic mass is 9.87. The summed E-state index contributed by atoms with van der Waals surface area (Å²) in [4.78, 5) is 12.0. The molecule has 0 radical (unpaired) electrons. The third-order valence-corrected chi connectivity index (χ3v) is 6.40. The Kier molecular flexibility index (Phi) is 5.77. The number of aliphatic hydroxyl groups is 1. The number of anilines is 1. The molecule has 0 unspecified atom stereocenters. The van der Waals surface area contributed by atoms with Crippen molar-refractivity contribution in [1.82, 2.24) is 29.5 Å². The fourth-order valence-electron chi connectivity index (χ4n) is 3.80. The quantitative estimate of drug-likeness (QED) is 0.304. The zero-order valence-corrected chi connectivity index (χ0v) is 18.0. The van der Waals surface area contributed by atoms with Crippen molar-refractivity contribution in [1.29, 1.82) is 5.26 Å². The lowest BCUT2D eigenvalue weighted by Crippen LogP contribution is -2.45. The maximum Gasteiger partial charge on any atom is 0.139 e. The molecule has 0 bridgehead atoms. The van der Waals surface area contributed by atoms with Crippen molar-refractivity contribution in [3.8, 4) is 17.3 Å². The summed E-state index contributed by atoms with van der Waals surface area (Å²) in [5.74, 6) is 0. The van der Waals surface area contributed by atoms with Gasteiger partial charge in [0.25, 0.3) is 0 Å². The normalized spacial score (nSPS) is 17.8. The van der Waals surface area contributed by atoms with E-state index in [1.807, 2.05) is 30.7 Å². The van der Waals surface area contributed by atoms with Crippen molar-refractivity contribution in [2.45, 2.75) is 36.5 Å². The molecular formula is C22H22N8OS. The van der Waals surface area contributed by atoms with Gasteiger partial charge in [-0.05, 0) is 49.1 Å². The third-order valence-electron chi connectivity index (χ3n) is 5.51. The van der Waals surface area contributed by atoms with Crippen LogP contribution in [0.25, 0.3) is 22.3 Å². The number of rotatable bonds is 8. The molecule has 1 aliphatic rings. The second-order valence-corrected chi connectivity index (χ2v) is 8.56. The van der Waals surface area contributed by atoms with E-state index in [1.54, 1.807) is 23.0 Å². The fraction of sp³-hybridized carbons (Fsp3) is 0.273. The highest BCUT2D eigenvalue weighted by Gasteiger charge is 2.30. The van der Waals surface area contributed by atoms with Crippen LogP contribution in [0.4, 0.5) is 5.69 Å². The molecule has 32 heavy (non-hydrogen) atoms. The second-order valence-electron chi connectivity index (χ2n) is 7.70. The van der Waals surface area contributed by atoms with Crippen molar-refractivity contribution in [2.75, 3.05) is 11.9 Å². The first kappa shape index (κ1) is 20.5. The summed E-state index contributed by atoms with van der Waals surface area (Å²) in [6.45, 7) is 0.508. The van der Waals surface area contributed by atoms with Crippen molar-refractivity contribution in [3.05, 3.63) is 54.6 Å². The molecule has 10 heteroatoms. The van der Waals surface area contributed by atoms with Crippen LogP contribution in [0.2, 0.25) is 0 Å². The number of hydrogen-bond donors (Lipinski definition) is 4. The first-order valence-corrected chi connectivity index (χ1v) is 11.2. The highest BCUT2D eigenvalue weighted by atomic mass is 32.2. The molecule has 4 N–H and O–H groups in total. The molecule has 9 nitrogen and oxygen atoms in total. The number of H-pyrrole nitrogens is 1. The Morgan fingerprint density at radius 1 is 1.25 bits per heavy atom.